The van der Waals surface area contributed by atoms with Crippen LogP contribution in [0.4, 0.5) is 5.82 Å². The molecule has 1 saturated heterocycles. The Morgan fingerprint density at radius 1 is 1.15 bits per heavy atom. The summed E-state index contributed by atoms with van der Waals surface area (Å²) < 4.78 is 5.40. The third kappa shape index (κ3) is 5.58. The van der Waals surface area contributed by atoms with Gasteiger partial charge in [-0.3, -0.25) is 4.79 Å². The fraction of sp³-hybridized carbons (Fsp3) is 0.333. The van der Waals surface area contributed by atoms with E-state index in [1.165, 1.54) is 11.3 Å². The molecule has 0 atom stereocenters. The number of aromatic nitrogens is 4. The molecule has 4 heterocycles. The molecule has 0 bridgehead atoms. The zero-order valence-corrected chi connectivity index (χ0v) is 19.6. The molecule has 1 amide bonds. The van der Waals surface area contributed by atoms with Gasteiger partial charge in [-0.25, -0.2) is 15.0 Å². The first-order valence-corrected chi connectivity index (χ1v) is 12.3. The van der Waals surface area contributed by atoms with Crippen molar-refractivity contribution in [2.45, 2.75) is 19.5 Å². The molecule has 1 aliphatic rings. The summed E-state index contributed by atoms with van der Waals surface area (Å²) >= 11 is 1.51. The van der Waals surface area contributed by atoms with Gasteiger partial charge in [0.05, 0.1) is 35.8 Å². The first-order valence-electron chi connectivity index (χ1n) is 11.4. The summed E-state index contributed by atoms with van der Waals surface area (Å²) in [5.74, 6) is 1.66. The van der Waals surface area contributed by atoms with Crippen LogP contribution < -0.4 is 15.5 Å². The number of amides is 1. The number of anilines is 1. The second kappa shape index (κ2) is 10.7. The van der Waals surface area contributed by atoms with Gasteiger partial charge < -0.3 is 25.3 Å². The molecule has 176 valence electrons. The lowest BCUT2D eigenvalue weighted by Gasteiger charge is -2.28. The predicted octanol–water partition coefficient (Wildman–Crippen LogP) is 2.51. The molecule has 9 nitrogen and oxygen atoms in total. The largest absolute Gasteiger partial charge is 0.378 e. The number of para-hydroxylation sites is 2. The van der Waals surface area contributed by atoms with Crippen molar-refractivity contribution in [3.63, 3.8) is 0 Å². The lowest BCUT2D eigenvalue weighted by Crippen LogP contribution is -2.36. The maximum absolute atomic E-state index is 12.6. The summed E-state index contributed by atoms with van der Waals surface area (Å²) in [5.41, 5.74) is 3.48. The number of carbonyl (C=O) groups excluding carboxylic acids is 1. The molecule has 0 spiro atoms. The molecule has 10 heteroatoms. The van der Waals surface area contributed by atoms with E-state index in [1.54, 1.807) is 6.20 Å². The number of fused-ring (bicyclic) bond motifs is 1. The number of rotatable bonds is 9. The zero-order valence-electron chi connectivity index (χ0n) is 18.8. The van der Waals surface area contributed by atoms with E-state index in [4.69, 9.17) is 4.74 Å². The lowest BCUT2D eigenvalue weighted by atomic mass is 10.2. The van der Waals surface area contributed by atoms with Crippen molar-refractivity contribution in [1.82, 2.24) is 30.6 Å². The van der Waals surface area contributed by atoms with Crippen LogP contribution in [0.2, 0.25) is 0 Å². The van der Waals surface area contributed by atoms with E-state index >= 15 is 0 Å². The number of nitrogens with one attached hydrogen (secondary N) is 3. The number of ether oxygens (including phenoxy) is 1. The number of aromatic amines is 1. The topological polar surface area (TPSA) is 108 Å². The molecule has 3 aromatic heterocycles. The number of thiazole rings is 1. The van der Waals surface area contributed by atoms with Crippen LogP contribution in [0, 0.1) is 0 Å². The predicted molar refractivity (Wildman–Crippen MR) is 132 cm³/mol. The second-order valence-electron chi connectivity index (χ2n) is 8.06. The smallest absolute Gasteiger partial charge is 0.271 e. The summed E-state index contributed by atoms with van der Waals surface area (Å²) in [5, 5.41) is 9.10. The van der Waals surface area contributed by atoms with Crippen LogP contribution in [-0.4, -0.2) is 58.7 Å². The number of hydrogen-bond acceptors (Lipinski definition) is 8. The lowest BCUT2D eigenvalue weighted by molar-refractivity contribution is 0.0946. The van der Waals surface area contributed by atoms with Crippen molar-refractivity contribution < 1.29 is 9.53 Å². The Morgan fingerprint density at radius 2 is 2.03 bits per heavy atom. The number of imidazole rings is 1. The van der Waals surface area contributed by atoms with Gasteiger partial charge in [0.15, 0.2) is 0 Å². The fourth-order valence-corrected chi connectivity index (χ4v) is 4.61. The highest BCUT2D eigenvalue weighted by Crippen LogP contribution is 2.15. The summed E-state index contributed by atoms with van der Waals surface area (Å²) in [4.78, 5) is 31.6. The number of hydrogen-bond donors (Lipinski definition) is 3. The van der Waals surface area contributed by atoms with Crippen LogP contribution in [0.3, 0.4) is 0 Å². The maximum atomic E-state index is 12.6. The quantitative estimate of drug-likeness (QED) is 0.318. The maximum Gasteiger partial charge on any atom is 0.271 e. The molecule has 1 aliphatic heterocycles. The van der Waals surface area contributed by atoms with Crippen molar-refractivity contribution in [2.75, 3.05) is 37.7 Å². The Morgan fingerprint density at radius 3 is 2.91 bits per heavy atom. The van der Waals surface area contributed by atoms with Crippen LogP contribution in [0.1, 0.15) is 26.9 Å². The van der Waals surface area contributed by atoms with Gasteiger partial charge in [0.2, 0.25) is 0 Å². The van der Waals surface area contributed by atoms with Crippen LogP contribution in [0.25, 0.3) is 11.0 Å². The molecule has 0 unspecified atom stereocenters. The monoisotopic (exact) mass is 477 g/mol. The minimum absolute atomic E-state index is 0.164. The Labute approximate surface area is 201 Å². The normalized spacial score (nSPS) is 13.9. The first-order chi connectivity index (χ1) is 16.7. The van der Waals surface area contributed by atoms with Gasteiger partial charge in [-0.15, -0.1) is 11.3 Å². The van der Waals surface area contributed by atoms with E-state index in [1.807, 2.05) is 41.8 Å². The number of nitrogens with zero attached hydrogens (tertiary/aromatic N) is 4. The van der Waals surface area contributed by atoms with Gasteiger partial charge in [0.1, 0.15) is 17.3 Å². The molecule has 1 fully saturated rings. The zero-order chi connectivity index (χ0) is 23.2. The van der Waals surface area contributed by atoms with Gasteiger partial charge in [-0.05, 0) is 29.8 Å². The van der Waals surface area contributed by atoms with E-state index in [0.717, 1.165) is 59.3 Å². The van der Waals surface area contributed by atoms with Crippen molar-refractivity contribution >= 4 is 34.1 Å². The van der Waals surface area contributed by atoms with Gasteiger partial charge in [-0.2, -0.15) is 0 Å². The van der Waals surface area contributed by atoms with Gasteiger partial charge in [0.25, 0.3) is 5.91 Å². The van der Waals surface area contributed by atoms with Crippen LogP contribution in [0.15, 0.2) is 48.0 Å². The summed E-state index contributed by atoms with van der Waals surface area (Å²) in [7, 11) is 0. The van der Waals surface area contributed by atoms with Crippen molar-refractivity contribution in [3.05, 3.63) is 70.1 Å². The molecule has 4 aromatic rings. The van der Waals surface area contributed by atoms with E-state index in [0.29, 0.717) is 32.0 Å². The third-order valence-corrected chi connectivity index (χ3v) is 6.54. The van der Waals surface area contributed by atoms with Crippen molar-refractivity contribution in [2.24, 2.45) is 0 Å². The molecule has 1 aromatic carbocycles. The van der Waals surface area contributed by atoms with Crippen LogP contribution >= 0.6 is 11.3 Å². The van der Waals surface area contributed by atoms with E-state index in [9.17, 15) is 4.79 Å². The van der Waals surface area contributed by atoms with Crippen LogP contribution in [-0.2, 0) is 24.2 Å². The SMILES string of the molecule is O=C(NCc1ccnc(N2CCOCC2)c1)c1csc(CCNCc2nc3ccccc3[nH]2)n1. The van der Waals surface area contributed by atoms with E-state index < -0.39 is 0 Å². The first kappa shape index (κ1) is 22.5. The second-order valence-corrected chi connectivity index (χ2v) is 9.00. The molecular weight excluding hydrogens is 450 g/mol. The standard InChI is InChI=1S/C24H27N7O2S/c32-24(27-14-17-5-8-26-22(13-17)31-9-11-33-12-10-31)20-16-34-23(30-20)6-7-25-15-21-28-18-3-1-2-4-19(18)29-21/h1-5,8,13,16,25H,6-7,9-12,14-15H2,(H,27,32)(H,28,29). The average molecular weight is 478 g/mol. The van der Waals surface area contributed by atoms with Crippen LogP contribution in [0.5, 0.6) is 0 Å². The number of benzene rings is 1. The van der Waals surface area contributed by atoms with Gasteiger partial charge in [0, 0.05) is 44.2 Å². The minimum atomic E-state index is -0.164. The van der Waals surface area contributed by atoms with Crippen molar-refractivity contribution in [3.8, 4) is 0 Å². The summed E-state index contributed by atoms with van der Waals surface area (Å²) in [6, 6.07) is 11.9. The van der Waals surface area contributed by atoms with Gasteiger partial charge in [-0.1, -0.05) is 12.1 Å². The highest BCUT2D eigenvalue weighted by atomic mass is 32.1. The Hall–Kier alpha value is -3.34. The Balaban J connectivity index is 1.07. The van der Waals surface area contributed by atoms with Gasteiger partial charge >= 0.3 is 0 Å². The minimum Gasteiger partial charge on any atom is -0.378 e. The highest BCUT2D eigenvalue weighted by molar-refractivity contribution is 7.09. The third-order valence-electron chi connectivity index (χ3n) is 5.63. The number of carbonyl (C=O) groups is 1. The fourth-order valence-electron chi connectivity index (χ4n) is 3.83. The molecule has 3 N–H and O–H groups in total. The summed E-state index contributed by atoms with van der Waals surface area (Å²) in [6.45, 7) is 4.94. The average Bonchev–Trinajstić information content (AvgIpc) is 3.53. The molecule has 0 radical (unpaired) electrons. The molecule has 5 rings (SSSR count). The Kier molecular flexibility index (Phi) is 7.08. The number of H-pyrrole nitrogens is 1. The van der Waals surface area contributed by atoms with Crippen molar-refractivity contribution in [1.29, 1.82) is 0 Å². The molecule has 0 saturated carbocycles. The molecule has 0 aliphatic carbocycles. The van der Waals surface area contributed by atoms with E-state index in [-0.39, 0.29) is 5.91 Å². The molecular formula is C24H27N7O2S. The molecule has 34 heavy (non-hydrogen) atoms. The Bertz CT molecular complexity index is 1220. The number of pyridine rings is 1. The van der Waals surface area contributed by atoms with E-state index in [2.05, 4.69) is 35.5 Å². The highest BCUT2D eigenvalue weighted by Gasteiger charge is 2.14. The number of morpholine rings is 1. The summed E-state index contributed by atoms with van der Waals surface area (Å²) in [6.07, 6.45) is 2.54.